The highest BCUT2D eigenvalue weighted by molar-refractivity contribution is 5.84. The van der Waals surface area contributed by atoms with Crippen LogP contribution in [0.2, 0.25) is 0 Å². The molecule has 0 atom stereocenters. The molecule has 0 amide bonds. The van der Waals surface area contributed by atoms with E-state index in [4.69, 9.17) is 5.26 Å². The fourth-order valence-electron chi connectivity index (χ4n) is 1.96. The zero-order valence-corrected chi connectivity index (χ0v) is 9.04. The number of piperidine rings is 1. The van der Waals surface area contributed by atoms with E-state index in [1.165, 1.54) is 4.90 Å². The van der Waals surface area contributed by atoms with Crippen molar-refractivity contribution in [1.29, 1.82) is 5.26 Å². The quantitative estimate of drug-likeness (QED) is 0.749. The second-order valence-corrected chi connectivity index (χ2v) is 3.96. The monoisotopic (exact) mass is 236 g/mol. The first-order chi connectivity index (χ1) is 8.11. The van der Waals surface area contributed by atoms with E-state index in [2.05, 4.69) is 0 Å². The molecule has 2 rings (SSSR count). The van der Waals surface area contributed by atoms with Gasteiger partial charge in [-0.2, -0.15) is 5.26 Å². The van der Waals surface area contributed by atoms with Gasteiger partial charge >= 0.3 is 0 Å². The normalized spacial score (nSPS) is 15.8. The number of benzene rings is 1. The lowest BCUT2D eigenvalue weighted by molar-refractivity contribution is -0.118. The van der Waals surface area contributed by atoms with E-state index in [-0.39, 0.29) is 23.6 Å². The van der Waals surface area contributed by atoms with Crippen LogP contribution in [0.25, 0.3) is 0 Å². The van der Waals surface area contributed by atoms with Gasteiger partial charge in [0.05, 0.1) is 18.2 Å². The van der Waals surface area contributed by atoms with Crippen molar-refractivity contribution < 1.29 is 13.6 Å². The van der Waals surface area contributed by atoms with Crippen molar-refractivity contribution in [2.75, 3.05) is 18.0 Å². The molecule has 0 N–H and O–H groups in total. The number of hydrogen-bond acceptors (Lipinski definition) is 3. The Morgan fingerprint density at radius 2 is 1.94 bits per heavy atom. The average Bonchev–Trinajstić information content (AvgIpc) is 2.28. The summed E-state index contributed by atoms with van der Waals surface area (Å²) in [5, 5.41) is 8.58. The summed E-state index contributed by atoms with van der Waals surface area (Å²) < 4.78 is 27.3. The maximum atomic E-state index is 13.7. The number of nitriles is 1. The third-order valence-corrected chi connectivity index (χ3v) is 2.71. The molecule has 0 aliphatic carbocycles. The van der Waals surface area contributed by atoms with Gasteiger partial charge in [-0.1, -0.05) is 0 Å². The molecular formula is C12H10F2N2O. The molecule has 1 saturated heterocycles. The molecule has 1 aliphatic heterocycles. The van der Waals surface area contributed by atoms with Crippen molar-refractivity contribution in [2.45, 2.75) is 12.8 Å². The van der Waals surface area contributed by atoms with E-state index in [9.17, 15) is 13.6 Å². The smallest absolute Gasteiger partial charge is 0.152 e. The topological polar surface area (TPSA) is 44.1 Å². The second kappa shape index (κ2) is 4.50. The van der Waals surface area contributed by atoms with Crippen LogP contribution in [0.1, 0.15) is 18.4 Å². The molecule has 0 spiro atoms. The highest BCUT2D eigenvalue weighted by Gasteiger charge is 2.23. The molecule has 5 heteroatoms. The number of halogens is 2. The van der Waals surface area contributed by atoms with E-state index >= 15 is 0 Å². The van der Waals surface area contributed by atoms with Crippen LogP contribution in [0.5, 0.6) is 0 Å². The Morgan fingerprint density at radius 3 is 2.47 bits per heavy atom. The molecular weight excluding hydrogens is 226 g/mol. The van der Waals surface area contributed by atoms with Gasteiger partial charge in [0.2, 0.25) is 0 Å². The summed E-state index contributed by atoms with van der Waals surface area (Å²) in [6.45, 7) is 0.477. The summed E-state index contributed by atoms with van der Waals surface area (Å²) in [6, 6.07) is 3.65. The molecule has 17 heavy (non-hydrogen) atoms. The van der Waals surface area contributed by atoms with E-state index in [1.54, 1.807) is 6.07 Å². The number of carbonyl (C=O) groups excluding carboxylic acids is 1. The Labute approximate surface area is 97.3 Å². The Morgan fingerprint density at radius 1 is 1.29 bits per heavy atom. The third-order valence-electron chi connectivity index (χ3n) is 2.71. The van der Waals surface area contributed by atoms with Gasteiger partial charge in [0.1, 0.15) is 5.69 Å². The van der Waals surface area contributed by atoms with E-state index < -0.39 is 11.6 Å². The number of carbonyl (C=O) groups is 1. The molecule has 1 aromatic rings. The molecule has 88 valence electrons. The minimum Gasteiger partial charge on any atom is -0.359 e. The van der Waals surface area contributed by atoms with E-state index in [1.807, 2.05) is 0 Å². The van der Waals surface area contributed by atoms with Crippen molar-refractivity contribution in [2.24, 2.45) is 0 Å². The standard InChI is InChI=1S/C12H10F2N2O/c13-10-4-8(6-15)5-11(14)12(10)16-3-1-2-9(17)7-16/h4-5H,1-3,7H2. The van der Waals surface area contributed by atoms with Gasteiger partial charge in [-0.3, -0.25) is 4.79 Å². The molecule has 0 radical (unpaired) electrons. The van der Waals surface area contributed by atoms with Crippen LogP contribution in [-0.4, -0.2) is 18.9 Å². The second-order valence-electron chi connectivity index (χ2n) is 3.96. The third kappa shape index (κ3) is 2.26. The van der Waals surface area contributed by atoms with E-state index in [0.717, 1.165) is 12.1 Å². The molecule has 1 aliphatic rings. The summed E-state index contributed by atoms with van der Waals surface area (Å²) in [5.74, 6) is -1.62. The van der Waals surface area contributed by atoms with Crippen LogP contribution in [-0.2, 0) is 4.79 Å². The fraction of sp³-hybridized carbons (Fsp3) is 0.333. The van der Waals surface area contributed by atoms with Gasteiger partial charge in [-0.15, -0.1) is 0 Å². The first kappa shape index (κ1) is 11.5. The van der Waals surface area contributed by atoms with Crippen molar-refractivity contribution in [3.05, 3.63) is 29.3 Å². The van der Waals surface area contributed by atoms with Gasteiger partial charge in [0.15, 0.2) is 17.4 Å². The highest BCUT2D eigenvalue weighted by Crippen LogP contribution is 2.26. The Balaban J connectivity index is 2.38. The average molecular weight is 236 g/mol. The first-order valence-electron chi connectivity index (χ1n) is 5.27. The van der Waals surface area contributed by atoms with Gasteiger partial charge < -0.3 is 4.90 Å². The summed E-state index contributed by atoms with van der Waals surface area (Å²) in [6.07, 6.45) is 1.05. The number of ketones is 1. The minimum absolute atomic E-state index is 0.0275. The Kier molecular flexibility index (Phi) is 3.05. The van der Waals surface area contributed by atoms with Crippen LogP contribution in [0, 0.1) is 23.0 Å². The lowest BCUT2D eigenvalue weighted by Crippen LogP contribution is -2.36. The number of nitrogens with zero attached hydrogens (tertiary/aromatic N) is 2. The van der Waals surface area contributed by atoms with Crippen LogP contribution in [0.4, 0.5) is 14.5 Å². The zero-order chi connectivity index (χ0) is 12.4. The maximum Gasteiger partial charge on any atom is 0.152 e. The van der Waals surface area contributed by atoms with Crippen molar-refractivity contribution in [1.82, 2.24) is 0 Å². The largest absolute Gasteiger partial charge is 0.359 e. The molecule has 3 nitrogen and oxygen atoms in total. The molecule has 1 fully saturated rings. The highest BCUT2D eigenvalue weighted by atomic mass is 19.1. The molecule has 0 aromatic heterocycles. The van der Waals surface area contributed by atoms with Crippen LogP contribution in [0.15, 0.2) is 12.1 Å². The van der Waals surface area contributed by atoms with Crippen LogP contribution >= 0.6 is 0 Å². The summed E-state index contributed by atoms with van der Waals surface area (Å²) in [4.78, 5) is 12.6. The number of Topliss-reactive ketones (excluding diaryl/α,β-unsaturated/α-hetero) is 1. The van der Waals surface area contributed by atoms with Crippen molar-refractivity contribution in [3.63, 3.8) is 0 Å². The zero-order valence-electron chi connectivity index (χ0n) is 9.04. The van der Waals surface area contributed by atoms with Gasteiger partial charge in [0, 0.05) is 13.0 Å². The maximum absolute atomic E-state index is 13.7. The summed E-state index contributed by atoms with van der Waals surface area (Å²) in [5.41, 5.74) is -0.274. The van der Waals surface area contributed by atoms with Gasteiger partial charge in [-0.25, -0.2) is 8.78 Å². The molecule has 1 aromatic carbocycles. The lowest BCUT2D eigenvalue weighted by Gasteiger charge is -2.28. The van der Waals surface area contributed by atoms with Crippen LogP contribution < -0.4 is 4.90 Å². The molecule has 0 saturated carbocycles. The lowest BCUT2D eigenvalue weighted by atomic mass is 10.1. The molecule has 1 heterocycles. The van der Waals surface area contributed by atoms with Crippen molar-refractivity contribution in [3.8, 4) is 6.07 Å². The fourth-order valence-corrected chi connectivity index (χ4v) is 1.96. The first-order valence-corrected chi connectivity index (χ1v) is 5.27. The number of anilines is 1. The number of rotatable bonds is 1. The Hall–Kier alpha value is -1.96. The minimum atomic E-state index is -0.795. The molecule has 0 bridgehead atoms. The van der Waals surface area contributed by atoms with Crippen molar-refractivity contribution >= 4 is 11.5 Å². The van der Waals surface area contributed by atoms with E-state index in [0.29, 0.717) is 19.4 Å². The SMILES string of the molecule is N#Cc1cc(F)c(N2CCCC(=O)C2)c(F)c1. The molecule has 0 unspecified atom stereocenters. The van der Waals surface area contributed by atoms with Gasteiger partial charge in [-0.05, 0) is 18.6 Å². The van der Waals surface area contributed by atoms with Crippen LogP contribution in [0.3, 0.4) is 0 Å². The Bertz CT molecular complexity index is 485. The van der Waals surface area contributed by atoms with Gasteiger partial charge in [0.25, 0.3) is 0 Å². The predicted octanol–water partition coefficient (Wildman–Crippen LogP) is 2.01. The predicted molar refractivity (Wildman–Crippen MR) is 57.5 cm³/mol. The summed E-state index contributed by atoms with van der Waals surface area (Å²) in [7, 11) is 0. The summed E-state index contributed by atoms with van der Waals surface area (Å²) >= 11 is 0. The number of hydrogen-bond donors (Lipinski definition) is 0.